The SMILES string of the molecule is O=C(Nc1ncccc1O)c1cc2c(s1)CCCCCC2. The molecule has 0 radical (unpaired) electrons. The van der Waals surface area contributed by atoms with Gasteiger partial charge in [0.2, 0.25) is 0 Å². The molecule has 0 bridgehead atoms. The van der Waals surface area contributed by atoms with E-state index in [4.69, 9.17) is 0 Å². The maximum absolute atomic E-state index is 12.3. The summed E-state index contributed by atoms with van der Waals surface area (Å²) in [6.07, 6.45) is 8.64. The minimum absolute atomic E-state index is 0.0132. The Bertz CT molecular complexity index is 626. The number of nitrogens with one attached hydrogen (secondary N) is 1. The number of aryl methyl sites for hydroxylation is 2. The van der Waals surface area contributed by atoms with E-state index < -0.39 is 0 Å². The van der Waals surface area contributed by atoms with Gasteiger partial charge in [-0.3, -0.25) is 4.79 Å². The molecule has 0 unspecified atom stereocenters. The number of aromatic hydroxyl groups is 1. The van der Waals surface area contributed by atoms with Crippen LogP contribution in [0.4, 0.5) is 5.82 Å². The van der Waals surface area contributed by atoms with Crippen molar-refractivity contribution < 1.29 is 9.90 Å². The highest BCUT2D eigenvalue weighted by Gasteiger charge is 2.17. The van der Waals surface area contributed by atoms with Gasteiger partial charge in [0.05, 0.1) is 4.88 Å². The molecule has 0 fully saturated rings. The van der Waals surface area contributed by atoms with E-state index in [1.165, 1.54) is 42.2 Å². The van der Waals surface area contributed by atoms with Crippen LogP contribution in [0.25, 0.3) is 0 Å². The van der Waals surface area contributed by atoms with Crippen molar-refractivity contribution in [3.8, 4) is 5.75 Å². The first-order chi connectivity index (χ1) is 10.2. The van der Waals surface area contributed by atoms with Crippen LogP contribution in [0.1, 0.15) is 45.8 Å². The highest BCUT2D eigenvalue weighted by molar-refractivity contribution is 7.14. The van der Waals surface area contributed by atoms with Crippen LogP contribution in [0, 0.1) is 0 Å². The molecule has 2 aromatic rings. The van der Waals surface area contributed by atoms with E-state index in [-0.39, 0.29) is 17.5 Å². The Kier molecular flexibility index (Phi) is 4.20. The Labute approximate surface area is 127 Å². The molecule has 5 heteroatoms. The summed E-state index contributed by atoms with van der Waals surface area (Å²) in [7, 11) is 0. The van der Waals surface area contributed by atoms with Crippen molar-refractivity contribution in [1.29, 1.82) is 0 Å². The van der Waals surface area contributed by atoms with E-state index >= 15 is 0 Å². The zero-order chi connectivity index (χ0) is 14.7. The van der Waals surface area contributed by atoms with Crippen LogP contribution in [0.15, 0.2) is 24.4 Å². The van der Waals surface area contributed by atoms with Crippen molar-refractivity contribution in [2.24, 2.45) is 0 Å². The molecule has 0 atom stereocenters. The number of aromatic nitrogens is 1. The van der Waals surface area contributed by atoms with Gasteiger partial charge < -0.3 is 10.4 Å². The van der Waals surface area contributed by atoms with Gasteiger partial charge in [-0.05, 0) is 49.4 Å². The molecule has 2 aromatic heterocycles. The number of pyridine rings is 1. The summed E-state index contributed by atoms with van der Waals surface area (Å²) in [6.45, 7) is 0. The van der Waals surface area contributed by atoms with Gasteiger partial charge in [0, 0.05) is 11.1 Å². The summed E-state index contributed by atoms with van der Waals surface area (Å²) in [5.41, 5.74) is 1.31. The lowest BCUT2D eigenvalue weighted by Crippen LogP contribution is -2.11. The van der Waals surface area contributed by atoms with Crippen LogP contribution in [0.5, 0.6) is 5.75 Å². The predicted octanol–water partition coefficient (Wildman–Crippen LogP) is 3.76. The molecular formula is C16H18N2O2S. The Morgan fingerprint density at radius 2 is 2.05 bits per heavy atom. The van der Waals surface area contributed by atoms with Crippen molar-refractivity contribution in [3.05, 3.63) is 39.7 Å². The van der Waals surface area contributed by atoms with Crippen LogP contribution >= 0.6 is 11.3 Å². The first-order valence-corrected chi connectivity index (χ1v) is 8.12. The maximum Gasteiger partial charge on any atom is 0.267 e. The number of amides is 1. The van der Waals surface area contributed by atoms with Crippen molar-refractivity contribution in [1.82, 2.24) is 4.98 Å². The summed E-state index contributed by atoms with van der Waals surface area (Å²) in [5, 5.41) is 12.3. The highest BCUT2D eigenvalue weighted by Crippen LogP contribution is 2.29. The molecule has 2 N–H and O–H groups in total. The van der Waals surface area contributed by atoms with Gasteiger partial charge in [0.1, 0.15) is 0 Å². The van der Waals surface area contributed by atoms with Gasteiger partial charge in [0.25, 0.3) is 5.91 Å². The van der Waals surface area contributed by atoms with Crippen LogP contribution in [-0.4, -0.2) is 16.0 Å². The Balaban J connectivity index is 1.79. The fourth-order valence-electron chi connectivity index (χ4n) is 2.62. The molecule has 0 spiro atoms. The number of carbonyl (C=O) groups is 1. The lowest BCUT2D eigenvalue weighted by molar-refractivity contribution is 0.102. The molecular weight excluding hydrogens is 284 g/mol. The molecule has 21 heavy (non-hydrogen) atoms. The van der Waals surface area contributed by atoms with Crippen LogP contribution < -0.4 is 5.32 Å². The highest BCUT2D eigenvalue weighted by atomic mass is 32.1. The van der Waals surface area contributed by atoms with E-state index in [1.807, 2.05) is 6.07 Å². The minimum atomic E-state index is -0.194. The smallest absolute Gasteiger partial charge is 0.267 e. The molecule has 0 saturated carbocycles. The largest absolute Gasteiger partial charge is 0.504 e. The van der Waals surface area contributed by atoms with Gasteiger partial charge >= 0.3 is 0 Å². The molecule has 1 aliphatic carbocycles. The topological polar surface area (TPSA) is 62.2 Å². The standard InChI is InChI=1S/C16H18N2O2S/c19-12-7-5-9-17-15(12)18-16(20)14-10-11-6-3-1-2-4-8-13(11)21-14/h5,7,9-10,19H,1-4,6,8H2,(H,17,18,20). The van der Waals surface area contributed by atoms with Gasteiger partial charge in [-0.15, -0.1) is 11.3 Å². The first-order valence-electron chi connectivity index (χ1n) is 7.31. The lowest BCUT2D eigenvalue weighted by Gasteiger charge is -2.07. The third kappa shape index (κ3) is 3.24. The summed E-state index contributed by atoms with van der Waals surface area (Å²) >= 11 is 1.57. The molecule has 4 nitrogen and oxygen atoms in total. The molecule has 2 heterocycles. The first kappa shape index (κ1) is 14.1. The Morgan fingerprint density at radius 1 is 1.24 bits per heavy atom. The third-order valence-corrected chi connectivity index (χ3v) is 4.97. The summed E-state index contributed by atoms with van der Waals surface area (Å²) in [5.74, 6) is 0.00447. The van der Waals surface area contributed by atoms with Gasteiger partial charge in [-0.2, -0.15) is 0 Å². The van der Waals surface area contributed by atoms with Gasteiger partial charge in [-0.1, -0.05) is 12.8 Å². The maximum atomic E-state index is 12.3. The van der Waals surface area contributed by atoms with E-state index in [0.29, 0.717) is 4.88 Å². The van der Waals surface area contributed by atoms with Crippen molar-refractivity contribution in [3.63, 3.8) is 0 Å². The quantitative estimate of drug-likeness (QED) is 0.888. The summed E-state index contributed by atoms with van der Waals surface area (Å²) in [4.78, 5) is 18.3. The predicted molar refractivity (Wildman–Crippen MR) is 84.1 cm³/mol. The van der Waals surface area contributed by atoms with E-state index in [9.17, 15) is 9.90 Å². The second-order valence-electron chi connectivity index (χ2n) is 5.30. The minimum Gasteiger partial charge on any atom is -0.504 e. The van der Waals surface area contributed by atoms with E-state index in [2.05, 4.69) is 10.3 Å². The monoisotopic (exact) mass is 302 g/mol. The van der Waals surface area contributed by atoms with Crippen LogP contribution in [-0.2, 0) is 12.8 Å². The number of rotatable bonds is 2. The number of thiophene rings is 1. The van der Waals surface area contributed by atoms with Gasteiger partial charge in [0.15, 0.2) is 11.6 Å². The molecule has 110 valence electrons. The number of hydrogen-bond donors (Lipinski definition) is 2. The fourth-order valence-corrected chi connectivity index (χ4v) is 3.77. The van der Waals surface area contributed by atoms with Crippen molar-refractivity contribution in [2.45, 2.75) is 38.5 Å². The normalized spacial score (nSPS) is 14.9. The number of hydrogen-bond acceptors (Lipinski definition) is 4. The third-order valence-electron chi connectivity index (χ3n) is 3.74. The Morgan fingerprint density at radius 3 is 2.86 bits per heavy atom. The molecule has 3 rings (SSSR count). The lowest BCUT2D eigenvalue weighted by atomic mass is 10.00. The number of nitrogens with zero attached hydrogens (tertiary/aromatic N) is 1. The van der Waals surface area contributed by atoms with Crippen LogP contribution in [0.3, 0.4) is 0 Å². The second-order valence-corrected chi connectivity index (χ2v) is 6.44. The molecule has 1 aliphatic rings. The molecule has 0 saturated heterocycles. The number of fused-ring (bicyclic) bond motifs is 1. The van der Waals surface area contributed by atoms with E-state index in [1.54, 1.807) is 23.6 Å². The van der Waals surface area contributed by atoms with Crippen molar-refractivity contribution >= 4 is 23.1 Å². The Hall–Kier alpha value is -1.88. The van der Waals surface area contributed by atoms with Gasteiger partial charge in [-0.25, -0.2) is 4.98 Å². The fraction of sp³-hybridized carbons (Fsp3) is 0.375. The second kappa shape index (κ2) is 6.26. The van der Waals surface area contributed by atoms with Crippen molar-refractivity contribution in [2.75, 3.05) is 5.32 Å². The number of carbonyl (C=O) groups excluding carboxylic acids is 1. The molecule has 1 amide bonds. The van der Waals surface area contributed by atoms with Crippen LogP contribution in [0.2, 0.25) is 0 Å². The zero-order valence-corrected chi connectivity index (χ0v) is 12.6. The zero-order valence-electron chi connectivity index (χ0n) is 11.8. The summed E-state index contributed by atoms with van der Waals surface area (Å²) in [6, 6.07) is 5.14. The van der Waals surface area contributed by atoms with E-state index in [0.717, 1.165) is 12.8 Å². The molecule has 0 aromatic carbocycles. The average molecular weight is 302 g/mol. The summed E-state index contributed by atoms with van der Waals surface area (Å²) < 4.78 is 0. The molecule has 0 aliphatic heterocycles. The average Bonchev–Trinajstić information content (AvgIpc) is 2.84. The number of anilines is 1.